The first-order valence-electron chi connectivity index (χ1n) is 7.48. The minimum Gasteiger partial charge on any atom is -0.492 e. The van der Waals surface area contributed by atoms with Gasteiger partial charge in [0.15, 0.2) is 0 Å². The number of nitrogens with one attached hydrogen (secondary N) is 3. The van der Waals surface area contributed by atoms with Gasteiger partial charge in [-0.3, -0.25) is 10.2 Å². The molecule has 0 fully saturated rings. The smallest absolute Gasteiger partial charge is 0.333 e. The van der Waals surface area contributed by atoms with Gasteiger partial charge in [-0.25, -0.2) is 19.0 Å². The molecule has 0 saturated heterocycles. The van der Waals surface area contributed by atoms with Gasteiger partial charge in [-0.15, -0.1) is 0 Å². The van der Waals surface area contributed by atoms with Gasteiger partial charge in [-0.1, -0.05) is 18.2 Å². The van der Waals surface area contributed by atoms with Crippen LogP contribution in [0.1, 0.15) is 5.56 Å². The molecule has 0 unspecified atom stereocenters. The van der Waals surface area contributed by atoms with Crippen molar-refractivity contribution >= 4 is 11.9 Å². The molecule has 8 heteroatoms. The van der Waals surface area contributed by atoms with Crippen molar-refractivity contribution in [2.45, 2.75) is 6.42 Å². The third-order valence-electron chi connectivity index (χ3n) is 3.05. The van der Waals surface area contributed by atoms with Gasteiger partial charge in [0, 0.05) is 6.07 Å². The van der Waals surface area contributed by atoms with Crippen LogP contribution >= 0.6 is 0 Å². The molecule has 0 aromatic heterocycles. The maximum Gasteiger partial charge on any atom is 0.333 e. The molecule has 0 radical (unpaired) electrons. The van der Waals surface area contributed by atoms with Gasteiger partial charge in [0.1, 0.15) is 24.0 Å². The molecule has 2 rings (SSSR count). The fraction of sp³-hybridized carbons (Fsp3) is 0.176. The normalized spacial score (nSPS) is 10.0. The number of hydrogen-bond donors (Lipinski definition) is 3. The highest BCUT2D eigenvalue weighted by atomic mass is 19.1. The maximum absolute atomic E-state index is 12.9. The second kappa shape index (κ2) is 9.21. The van der Waals surface area contributed by atoms with E-state index in [1.165, 1.54) is 42.5 Å². The lowest BCUT2D eigenvalue weighted by molar-refractivity contribution is -0.121. The number of benzene rings is 2. The van der Waals surface area contributed by atoms with E-state index in [2.05, 4.69) is 16.2 Å². The van der Waals surface area contributed by atoms with E-state index in [0.717, 1.165) is 0 Å². The summed E-state index contributed by atoms with van der Waals surface area (Å²) in [5.74, 6) is -0.887. The van der Waals surface area contributed by atoms with E-state index in [0.29, 0.717) is 11.3 Å². The van der Waals surface area contributed by atoms with Crippen LogP contribution in [-0.4, -0.2) is 25.1 Å². The van der Waals surface area contributed by atoms with E-state index in [-0.39, 0.29) is 25.4 Å². The Morgan fingerprint density at radius 3 is 2.44 bits per heavy atom. The number of carbonyl (C=O) groups is 2. The quantitative estimate of drug-likeness (QED) is 0.551. The van der Waals surface area contributed by atoms with Crippen LogP contribution in [-0.2, 0) is 11.2 Å². The highest BCUT2D eigenvalue weighted by molar-refractivity contribution is 5.82. The summed E-state index contributed by atoms with van der Waals surface area (Å²) in [6.45, 7) is 0.302. The average Bonchev–Trinajstić information content (AvgIpc) is 2.59. The van der Waals surface area contributed by atoms with Crippen LogP contribution in [0.25, 0.3) is 0 Å². The molecule has 3 amide bonds. The molecule has 6 nitrogen and oxygen atoms in total. The molecule has 0 spiro atoms. The van der Waals surface area contributed by atoms with Crippen LogP contribution in [0.15, 0.2) is 48.5 Å². The zero-order chi connectivity index (χ0) is 18.1. The van der Waals surface area contributed by atoms with Crippen LogP contribution in [0.3, 0.4) is 0 Å². The van der Waals surface area contributed by atoms with Crippen LogP contribution in [0.2, 0.25) is 0 Å². The summed E-state index contributed by atoms with van der Waals surface area (Å²) < 4.78 is 30.9. The second-order valence-corrected chi connectivity index (χ2v) is 5.04. The van der Waals surface area contributed by atoms with Crippen LogP contribution in [0.5, 0.6) is 5.75 Å². The predicted molar refractivity (Wildman–Crippen MR) is 86.7 cm³/mol. The molecule has 2 aromatic rings. The van der Waals surface area contributed by atoms with Gasteiger partial charge in [-0.2, -0.15) is 0 Å². The fourth-order valence-corrected chi connectivity index (χ4v) is 1.89. The SMILES string of the molecule is O=C(Cc1ccc(F)cc1)NNC(=O)NCCOc1cccc(F)c1. The number of amides is 3. The topological polar surface area (TPSA) is 79.5 Å². The summed E-state index contributed by atoms with van der Waals surface area (Å²) in [6, 6.07) is 10.5. The molecule has 0 bridgehead atoms. The van der Waals surface area contributed by atoms with Gasteiger partial charge in [0.05, 0.1) is 13.0 Å². The molecule has 0 aliphatic rings. The van der Waals surface area contributed by atoms with Crippen molar-refractivity contribution in [3.8, 4) is 5.75 Å². The maximum atomic E-state index is 12.9. The van der Waals surface area contributed by atoms with E-state index in [1.54, 1.807) is 6.07 Å². The van der Waals surface area contributed by atoms with E-state index >= 15 is 0 Å². The average molecular weight is 349 g/mol. The molecule has 3 N–H and O–H groups in total. The van der Waals surface area contributed by atoms with Crippen molar-refractivity contribution in [3.05, 3.63) is 65.7 Å². The van der Waals surface area contributed by atoms with Crippen molar-refractivity contribution < 1.29 is 23.1 Å². The van der Waals surface area contributed by atoms with Gasteiger partial charge >= 0.3 is 6.03 Å². The standard InChI is InChI=1S/C17H17F2N3O3/c18-13-6-4-12(5-7-13)10-16(23)21-22-17(24)20-8-9-25-15-3-1-2-14(19)11-15/h1-7,11H,8-10H2,(H,21,23)(H2,20,22,24). The Hall–Kier alpha value is -3.16. The molecule has 0 atom stereocenters. The predicted octanol–water partition coefficient (Wildman–Crippen LogP) is 1.92. The van der Waals surface area contributed by atoms with Gasteiger partial charge < -0.3 is 10.1 Å². The summed E-state index contributed by atoms with van der Waals surface area (Å²) in [5.41, 5.74) is 5.02. The molecule has 0 heterocycles. The minimum absolute atomic E-state index is 0.00322. The van der Waals surface area contributed by atoms with Crippen molar-refractivity contribution in [2.75, 3.05) is 13.2 Å². The molecule has 25 heavy (non-hydrogen) atoms. The second-order valence-electron chi connectivity index (χ2n) is 5.04. The van der Waals surface area contributed by atoms with Crippen LogP contribution in [0.4, 0.5) is 13.6 Å². The molecular weight excluding hydrogens is 332 g/mol. The van der Waals surface area contributed by atoms with E-state index < -0.39 is 17.8 Å². The summed E-state index contributed by atoms with van der Waals surface area (Å²) in [6.07, 6.45) is 0.00322. The van der Waals surface area contributed by atoms with Gasteiger partial charge in [0.25, 0.3) is 0 Å². The monoisotopic (exact) mass is 349 g/mol. The Labute approximate surface area is 143 Å². The van der Waals surface area contributed by atoms with Crippen LogP contribution in [0, 0.1) is 11.6 Å². The number of hydrogen-bond acceptors (Lipinski definition) is 3. The first kappa shape index (κ1) is 18.2. The Morgan fingerprint density at radius 2 is 1.72 bits per heavy atom. The Bertz CT molecular complexity index is 723. The lowest BCUT2D eigenvalue weighted by Crippen LogP contribution is -2.48. The van der Waals surface area contributed by atoms with E-state index in [9.17, 15) is 18.4 Å². The van der Waals surface area contributed by atoms with E-state index in [1.807, 2.05) is 0 Å². The van der Waals surface area contributed by atoms with Crippen molar-refractivity contribution in [1.82, 2.24) is 16.2 Å². The first-order chi connectivity index (χ1) is 12.0. The summed E-state index contributed by atoms with van der Waals surface area (Å²) in [7, 11) is 0. The Balaban J connectivity index is 1.60. The van der Waals surface area contributed by atoms with Crippen molar-refractivity contribution in [1.29, 1.82) is 0 Å². The Morgan fingerprint density at radius 1 is 0.960 bits per heavy atom. The van der Waals surface area contributed by atoms with Gasteiger partial charge in [-0.05, 0) is 29.8 Å². The molecule has 0 saturated carbocycles. The Kier molecular flexibility index (Phi) is 6.70. The van der Waals surface area contributed by atoms with Crippen LogP contribution < -0.4 is 20.9 Å². The number of halogens is 2. The van der Waals surface area contributed by atoms with Crippen molar-refractivity contribution in [3.63, 3.8) is 0 Å². The fourth-order valence-electron chi connectivity index (χ4n) is 1.89. The third-order valence-corrected chi connectivity index (χ3v) is 3.05. The zero-order valence-corrected chi connectivity index (χ0v) is 13.2. The van der Waals surface area contributed by atoms with E-state index in [4.69, 9.17) is 4.74 Å². The third kappa shape index (κ3) is 6.86. The first-order valence-corrected chi connectivity index (χ1v) is 7.48. The summed E-state index contributed by atoms with van der Waals surface area (Å²) in [5, 5.41) is 2.46. The molecular formula is C17H17F2N3O3. The lowest BCUT2D eigenvalue weighted by Gasteiger charge is -2.10. The summed E-state index contributed by atoms with van der Waals surface area (Å²) in [4.78, 5) is 23.1. The molecule has 132 valence electrons. The highest BCUT2D eigenvalue weighted by Crippen LogP contribution is 2.11. The highest BCUT2D eigenvalue weighted by Gasteiger charge is 2.05. The number of hydrazine groups is 1. The molecule has 0 aliphatic carbocycles. The lowest BCUT2D eigenvalue weighted by atomic mass is 10.1. The number of urea groups is 1. The number of carbonyl (C=O) groups excluding carboxylic acids is 2. The minimum atomic E-state index is -0.615. The zero-order valence-electron chi connectivity index (χ0n) is 13.2. The molecule has 2 aromatic carbocycles. The number of ether oxygens (including phenoxy) is 1. The molecule has 0 aliphatic heterocycles. The largest absolute Gasteiger partial charge is 0.492 e. The number of rotatable bonds is 6. The van der Waals surface area contributed by atoms with Gasteiger partial charge in [0.2, 0.25) is 5.91 Å². The summed E-state index contributed by atoms with van der Waals surface area (Å²) >= 11 is 0. The van der Waals surface area contributed by atoms with Crippen molar-refractivity contribution in [2.24, 2.45) is 0 Å².